The Morgan fingerprint density at radius 3 is 2.38 bits per heavy atom. The van der Waals surface area contributed by atoms with Crippen molar-refractivity contribution < 1.29 is 24.8 Å². The number of pyridine rings is 1. The standard InChI is InChI=1S/C24H30N2O6/c1-31-24-21(32-14-6-5-9-26(10-12-27)11-13-28)16-20(30)22-19(29)15-18(25-23(22)24)17-7-3-2-4-8-17/h2-4,7-8,15-16,27-28,30H,5-6,9-14H2,1H3,(H,25,29). The van der Waals surface area contributed by atoms with Crippen molar-refractivity contribution >= 4 is 10.9 Å². The maximum absolute atomic E-state index is 12.7. The van der Waals surface area contributed by atoms with Crippen LogP contribution in [0.4, 0.5) is 0 Å². The van der Waals surface area contributed by atoms with Gasteiger partial charge in [0.25, 0.3) is 0 Å². The Kier molecular flexibility index (Phi) is 8.49. The topological polar surface area (TPSA) is 115 Å². The van der Waals surface area contributed by atoms with Crippen LogP contribution >= 0.6 is 0 Å². The predicted octanol–water partition coefficient (Wildman–Crippen LogP) is 2.35. The molecule has 1 heterocycles. The van der Waals surface area contributed by atoms with E-state index in [0.29, 0.717) is 42.4 Å². The first kappa shape index (κ1) is 23.6. The Morgan fingerprint density at radius 2 is 1.72 bits per heavy atom. The summed E-state index contributed by atoms with van der Waals surface area (Å²) in [6.07, 6.45) is 1.55. The van der Waals surface area contributed by atoms with Crippen LogP contribution in [0.1, 0.15) is 12.8 Å². The van der Waals surface area contributed by atoms with Crippen molar-refractivity contribution in [3.05, 3.63) is 52.7 Å². The quantitative estimate of drug-likeness (QED) is 0.318. The van der Waals surface area contributed by atoms with E-state index in [4.69, 9.17) is 19.7 Å². The summed E-state index contributed by atoms with van der Waals surface area (Å²) in [5, 5.41) is 28.8. The van der Waals surface area contributed by atoms with E-state index in [1.807, 2.05) is 35.2 Å². The zero-order chi connectivity index (χ0) is 22.9. The second-order valence-corrected chi connectivity index (χ2v) is 7.43. The Morgan fingerprint density at radius 1 is 1.00 bits per heavy atom. The molecule has 172 valence electrons. The van der Waals surface area contributed by atoms with Crippen molar-refractivity contribution in [1.82, 2.24) is 9.88 Å². The van der Waals surface area contributed by atoms with Crippen LogP contribution in [0, 0.1) is 0 Å². The summed E-state index contributed by atoms with van der Waals surface area (Å²) in [7, 11) is 1.49. The van der Waals surface area contributed by atoms with Gasteiger partial charge in [0, 0.05) is 30.9 Å². The number of benzene rings is 2. The summed E-state index contributed by atoms with van der Waals surface area (Å²) in [6, 6.07) is 12.3. The molecule has 0 saturated heterocycles. The number of aromatic amines is 1. The smallest absolute Gasteiger partial charge is 0.193 e. The number of unbranched alkanes of at least 4 members (excludes halogenated alkanes) is 1. The highest BCUT2D eigenvalue weighted by Crippen LogP contribution is 2.39. The molecule has 0 saturated carbocycles. The van der Waals surface area contributed by atoms with E-state index in [-0.39, 0.29) is 29.8 Å². The lowest BCUT2D eigenvalue weighted by atomic mass is 10.1. The Labute approximate surface area is 186 Å². The van der Waals surface area contributed by atoms with E-state index in [9.17, 15) is 9.90 Å². The number of aliphatic hydroxyl groups is 2. The number of hydrogen-bond acceptors (Lipinski definition) is 7. The van der Waals surface area contributed by atoms with Crippen LogP contribution in [-0.4, -0.2) is 71.8 Å². The summed E-state index contributed by atoms with van der Waals surface area (Å²) in [5.74, 6) is 0.532. The first-order chi connectivity index (χ1) is 15.6. The molecule has 1 aromatic heterocycles. The summed E-state index contributed by atoms with van der Waals surface area (Å²) >= 11 is 0. The molecule has 0 bridgehead atoms. The van der Waals surface area contributed by atoms with Gasteiger partial charge in [-0.05, 0) is 24.9 Å². The lowest BCUT2D eigenvalue weighted by molar-refractivity contribution is 0.157. The fraction of sp³-hybridized carbons (Fsp3) is 0.375. The highest BCUT2D eigenvalue weighted by Gasteiger charge is 2.18. The molecular formula is C24H30N2O6. The number of hydrogen-bond donors (Lipinski definition) is 4. The number of ether oxygens (including phenoxy) is 2. The normalized spacial score (nSPS) is 11.2. The molecule has 4 N–H and O–H groups in total. The van der Waals surface area contributed by atoms with Gasteiger partial charge in [0.1, 0.15) is 11.3 Å². The lowest BCUT2D eigenvalue weighted by Gasteiger charge is -2.20. The molecule has 2 aromatic carbocycles. The summed E-state index contributed by atoms with van der Waals surface area (Å²) in [5.41, 5.74) is 1.53. The van der Waals surface area contributed by atoms with Gasteiger partial charge in [-0.3, -0.25) is 9.69 Å². The Hall–Kier alpha value is -3.07. The van der Waals surface area contributed by atoms with Crippen LogP contribution in [0.2, 0.25) is 0 Å². The molecule has 3 aromatic rings. The number of phenols is 1. The maximum Gasteiger partial charge on any atom is 0.193 e. The highest BCUT2D eigenvalue weighted by molar-refractivity contribution is 5.93. The minimum Gasteiger partial charge on any atom is -0.507 e. The number of aromatic hydroxyl groups is 1. The zero-order valence-electron chi connectivity index (χ0n) is 18.2. The molecular weight excluding hydrogens is 412 g/mol. The fourth-order valence-corrected chi connectivity index (χ4v) is 3.69. The third-order valence-electron chi connectivity index (χ3n) is 5.25. The molecule has 8 nitrogen and oxygen atoms in total. The van der Waals surface area contributed by atoms with Crippen LogP contribution in [0.25, 0.3) is 22.2 Å². The maximum atomic E-state index is 12.7. The molecule has 0 atom stereocenters. The minimum atomic E-state index is -0.312. The van der Waals surface area contributed by atoms with E-state index in [1.165, 1.54) is 19.2 Å². The fourth-order valence-electron chi connectivity index (χ4n) is 3.69. The number of nitrogens with one attached hydrogen (secondary N) is 1. The highest BCUT2D eigenvalue weighted by atomic mass is 16.5. The predicted molar refractivity (Wildman–Crippen MR) is 124 cm³/mol. The number of fused-ring (bicyclic) bond motifs is 1. The SMILES string of the molecule is COc1c(OCCCCN(CCO)CCO)cc(O)c2c(=O)cc(-c3ccccc3)[nH]c12. The molecule has 0 spiro atoms. The molecule has 3 rings (SSSR count). The van der Waals surface area contributed by atoms with Gasteiger partial charge < -0.3 is 29.8 Å². The van der Waals surface area contributed by atoms with Gasteiger partial charge in [-0.25, -0.2) is 0 Å². The van der Waals surface area contributed by atoms with E-state index in [2.05, 4.69) is 4.98 Å². The van der Waals surface area contributed by atoms with Crippen molar-refractivity contribution in [2.45, 2.75) is 12.8 Å². The molecule has 0 unspecified atom stereocenters. The van der Waals surface area contributed by atoms with Crippen LogP contribution in [0.3, 0.4) is 0 Å². The first-order valence-corrected chi connectivity index (χ1v) is 10.7. The Bertz CT molecular complexity index is 1060. The molecule has 0 aliphatic carbocycles. The number of methoxy groups -OCH3 is 1. The summed E-state index contributed by atoms with van der Waals surface area (Å²) in [6.45, 7) is 2.25. The van der Waals surface area contributed by atoms with Crippen molar-refractivity contribution in [2.75, 3.05) is 46.6 Å². The summed E-state index contributed by atoms with van der Waals surface area (Å²) < 4.78 is 11.4. The first-order valence-electron chi connectivity index (χ1n) is 10.7. The minimum absolute atomic E-state index is 0.0488. The van der Waals surface area contributed by atoms with E-state index in [0.717, 1.165) is 24.9 Å². The summed E-state index contributed by atoms with van der Waals surface area (Å²) in [4.78, 5) is 17.9. The second kappa shape index (κ2) is 11.5. The third kappa shape index (κ3) is 5.59. The number of nitrogens with zero attached hydrogens (tertiary/aromatic N) is 1. The molecule has 0 radical (unpaired) electrons. The van der Waals surface area contributed by atoms with Gasteiger partial charge in [-0.2, -0.15) is 0 Å². The van der Waals surface area contributed by atoms with Crippen LogP contribution in [-0.2, 0) is 0 Å². The van der Waals surface area contributed by atoms with Crippen molar-refractivity contribution in [2.24, 2.45) is 0 Å². The number of H-pyrrole nitrogens is 1. The van der Waals surface area contributed by atoms with Crippen molar-refractivity contribution in [1.29, 1.82) is 0 Å². The molecule has 0 amide bonds. The van der Waals surface area contributed by atoms with Gasteiger partial charge in [-0.15, -0.1) is 0 Å². The largest absolute Gasteiger partial charge is 0.507 e. The van der Waals surface area contributed by atoms with Crippen LogP contribution in [0.15, 0.2) is 47.3 Å². The van der Waals surface area contributed by atoms with E-state index >= 15 is 0 Å². The monoisotopic (exact) mass is 442 g/mol. The zero-order valence-corrected chi connectivity index (χ0v) is 18.2. The van der Waals surface area contributed by atoms with Crippen LogP contribution in [0.5, 0.6) is 17.2 Å². The third-order valence-corrected chi connectivity index (χ3v) is 5.25. The number of aromatic nitrogens is 1. The average Bonchev–Trinajstić information content (AvgIpc) is 2.79. The number of rotatable bonds is 12. The second-order valence-electron chi connectivity index (χ2n) is 7.43. The molecule has 0 aliphatic heterocycles. The number of phenolic OH excluding ortho intramolecular Hbond substituents is 1. The van der Waals surface area contributed by atoms with Gasteiger partial charge in [-0.1, -0.05) is 30.3 Å². The van der Waals surface area contributed by atoms with E-state index < -0.39 is 0 Å². The molecule has 0 fully saturated rings. The Balaban J connectivity index is 1.79. The van der Waals surface area contributed by atoms with Gasteiger partial charge in [0.05, 0.1) is 32.3 Å². The molecule has 0 aliphatic rings. The van der Waals surface area contributed by atoms with Crippen LogP contribution < -0.4 is 14.9 Å². The lowest BCUT2D eigenvalue weighted by Crippen LogP contribution is -2.31. The van der Waals surface area contributed by atoms with Gasteiger partial charge in [0.2, 0.25) is 0 Å². The molecule has 8 heteroatoms. The van der Waals surface area contributed by atoms with Gasteiger partial charge in [0.15, 0.2) is 16.9 Å². The van der Waals surface area contributed by atoms with Gasteiger partial charge >= 0.3 is 0 Å². The van der Waals surface area contributed by atoms with E-state index in [1.54, 1.807) is 0 Å². The molecule has 32 heavy (non-hydrogen) atoms. The van der Waals surface area contributed by atoms with Crippen molar-refractivity contribution in [3.63, 3.8) is 0 Å². The average molecular weight is 443 g/mol. The van der Waals surface area contributed by atoms with Crippen molar-refractivity contribution in [3.8, 4) is 28.5 Å². The number of aliphatic hydroxyl groups excluding tert-OH is 2.